The number of aryl methyl sites for hydroxylation is 1. The van der Waals surface area contributed by atoms with Crippen LogP contribution in [0.25, 0.3) is 0 Å². The van der Waals surface area contributed by atoms with Gasteiger partial charge in [0.05, 0.1) is 0 Å². The summed E-state index contributed by atoms with van der Waals surface area (Å²) >= 11 is 0. The Hall–Kier alpha value is -0.890. The Balaban J connectivity index is 2.51. The topological polar surface area (TPSA) is 26.0 Å². The molecule has 0 saturated heterocycles. The van der Waals surface area contributed by atoms with Gasteiger partial charge in [-0.1, -0.05) is 18.2 Å². The van der Waals surface area contributed by atoms with Crippen molar-refractivity contribution in [3.05, 3.63) is 35.1 Å². The second-order valence-corrected chi connectivity index (χ2v) is 3.59. The van der Waals surface area contributed by atoms with Crippen molar-refractivity contribution in [3.63, 3.8) is 0 Å². The lowest BCUT2D eigenvalue weighted by Crippen LogP contribution is -2.20. The van der Waals surface area contributed by atoms with Crippen LogP contribution < -0.4 is 5.73 Å². The minimum atomic E-state index is -0.351. The first kappa shape index (κ1) is 7.74. The molecule has 64 valence electrons. The van der Waals surface area contributed by atoms with Crippen LogP contribution in [0.4, 0.5) is 4.39 Å². The lowest BCUT2D eigenvalue weighted by molar-refractivity contribution is 0.570. The molecule has 0 unspecified atom stereocenters. The van der Waals surface area contributed by atoms with Gasteiger partial charge in [-0.05, 0) is 25.3 Å². The second kappa shape index (κ2) is 2.30. The van der Waals surface area contributed by atoms with Crippen LogP contribution in [0.15, 0.2) is 18.2 Å². The summed E-state index contributed by atoms with van der Waals surface area (Å²) in [6.45, 7) is 1.77. The first-order chi connectivity index (χ1) is 5.63. The number of nitrogens with two attached hydrogens (primary N) is 1. The lowest BCUT2D eigenvalue weighted by atomic mass is 10.0. The maximum atomic E-state index is 13.5. The van der Waals surface area contributed by atoms with Gasteiger partial charge in [-0.25, -0.2) is 4.39 Å². The fourth-order valence-corrected chi connectivity index (χ4v) is 1.44. The van der Waals surface area contributed by atoms with E-state index in [-0.39, 0.29) is 11.4 Å². The van der Waals surface area contributed by atoms with Gasteiger partial charge in [0, 0.05) is 11.1 Å². The van der Waals surface area contributed by atoms with Crippen molar-refractivity contribution in [1.82, 2.24) is 0 Å². The molecule has 0 aliphatic heterocycles. The molecule has 0 radical (unpaired) electrons. The molecule has 0 atom stereocenters. The van der Waals surface area contributed by atoms with E-state index in [9.17, 15) is 4.39 Å². The van der Waals surface area contributed by atoms with E-state index in [0.29, 0.717) is 11.1 Å². The zero-order valence-electron chi connectivity index (χ0n) is 7.10. The number of halogens is 1. The van der Waals surface area contributed by atoms with Crippen molar-refractivity contribution in [1.29, 1.82) is 0 Å². The Bertz CT molecular complexity index is 316. The minimum Gasteiger partial charge on any atom is -0.321 e. The summed E-state index contributed by atoms with van der Waals surface area (Å²) in [6, 6.07) is 5.42. The highest BCUT2D eigenvalue weighted by molar-refractivity contribution is 5.34. The summed E-state index contributed by atoms with van der Waals surface area (Å²) in [6.07, 6.45) is 1.82. The van der Waals surface area contributed by atoms with E-state index in [1.807, 2.05) is 6.07 Å². The van der Waals surface area contributed by atoms with Gasteiger partial charge in [0.2, 0.25) is 0 Å². The molecule has 1 aromatic rings. The van der Waals surface area contributed by atoms with Crippen molar-refractivity contribution in [2.75, 3.05) is 0 Å². The van der Waals surface area contributed by atoms with E-state index in [1.165, 1.54) is 0 Å². The average molecular weight is 165 g/mol. The van der Waals surface area contributed by atoms with Gasteiger partial charge in [0.1, 0.15) is 5.82 Å². The van der Waals surface area contributed by atoms with Crippen molar-refractivity contribution in [2.45, 2.75) is 25.3 Å². The highest BCUT2D eigenvalue weighted by Crippen LogP contribution is 2.43. The molecule has 2 heteroatoms. The van der Waals surface area contributed by atoms with E-state index in [1.54, 1.807) is 19.1 Å². The number of hydrogen-bond acceptors (Lipinski definition) is 1. The monoisotopic (exact) mass is 165 g/mol. The fourth-order valence-electron chi connectivity index (χ4n) is 1.44. The van der Waals surface area contributed by atoms with Crippen LogP contribution in [0, 0.1) is 12.7 Å². The molecule has 0 aromatic heterocycles. The van der Waals surface area contributed by atoms with Gasteiger partial charge in [-0.2, -0.15) is 0 Å². The molecule has 0 heterocycles. The molecule has 1 aliphatic rings. The molecule has 1 aromatic carbocycles. The van der Waals surface area contributed by atoms with Crippen LogP contribution in [0.1, 0.15) is 24.0 Å². The zero-order chi connectivity index (χ0) is 8.77. The Labute approximate surface area is 71.4 Å². The quantitative estimate of drug-likeness (QED) is 0.677. The normalized spacial score (nSPS) is 19.2. The third-order valence-corrected chi connectivity index (χ3v) is 2.52. The van der Waals surface area contributed by atoms with Crippen LogP contribution in [-0.4, -0.2) is 0 Å². The van der Waals surface area contributed by atoms with E-state index in [0.717, 1.165) is 12.8 Å². The summed E-state index contributed by atoms with van der Waals surface area (Å²) in [5.41, 5.74) is 6.91. The Kier molecular flexibility index (Phi) is 1.48. The number of hydrogen-bond donors (Lipinski definition) is 1. The second-order valence-electron chi connectivity index (χ2n) is 3.59. The van der Waals surface area contributed by atoms with Crippen LogP contribution in [-0.2, 0) is 5.54 Å². The molecular weight excluding hydrogens is 153 g/mol. The van der Waals surface area contributed by atoms with Gasteiger partial charge < -0.3 is 5.73 Å². The number of rotatable bonds is 1. The zero-order valence-corrected chi connectivity index (χ0v) is 7.10. The molecule has 2 rings (SSSR count). The van der Waals surface area contributed by atoms with E-state index in [2.05, 4.69) is 0 Å². The Morgan fingerprint density at radius 1 is 1.42 bits per heavy atom. The van der Waals surface area contributed by atoms with Crippen LogP contribution >= 0.6 is 0 Å². The van der Waals surface area contributed by atoms with Crippen LogP contribution in [0.3, 0.4) is 0 Å². The highest BCUT2D eigenvalue weighted by atomic mass is 19.1. The predicted molar refractivity (Wildman–Crippen MR) is 46.2 cm³/mol. The lowest BCUT2D eigenvalue weighted by Gasteiger charge is -2.11. The Morgan fingerprint density at radius 3 is 2.67 bits per heavy atom. The van der Waals surface area contributed by atoms with Gasteiger partial charge in [0.15, 0.2) is 0 Å². The maximum absolute atomic E-state index is 13.5. The molecule has 1 fully saturated rings. The predicted octanol–water partition coefficient (Wildman–Crippen LogP) is 2.08. The standard InChI is InChI=1S/C10H12FN/c1-7-3-2-4-8(9(7)11)10(12)5-6-10/h2-4H,5-6,12H2,1H3. The van der Waals surface area contributed by atoms with E-state index in [4.69, 9.17) is 5.73 Å². The average Bonchev–Trinajstić information content (AvgIpc) is 2.75. The first-order valence-electron chi connectivity index (χ1n) is 4.18. The molecule has 2 N–H and O–H groups in total. The summed E-state index contributed by atoms with van der Waals surface area (Å²) < 4.78 is 13.5. The van der Waals surface area contributed by atoms with Crippen molar-refractivity contribution < 1.29 is 4.39 Å². The van der Waals surface area contributed by atoms with Gasteiger partial charge >= 0.3 is 0 Å². The summed E-state index contributed by atoms with van der Waals surface area (Å²) in [7, 11) is 0. The Morgan fingerprint density at radius 2 is 2.08 bits per heavy atom. The van der Waals surface area contributed by atoms with E-state index < -0.39 is 0 Å². The molecule has 0 amide bonds. The fraction of sp³-hybridized carbons (Fsp3) is 0.400. The van der Waals surface area contributed by atoms with E-state index >= 15 is 0 Å². The van der Waals surface area contributed by atoms with Gasteiger partial charge in [0.25, 0.3) is 0 Å². The molecule has 1 aliphatic carbocycles. The summed E-state index contributed by atoms with van der Waals surface area (Å²) in [5, 5.41) is 0. The minimum absolute atomic E-state index is 0.127. The molecule has 0 spiro atoms. The van der Waals surface area contributed by atoms with Crippen molar-refractivity contribution in [3.8, 4) is 0 Å². The smallest absolute Gasteiger partial charge is 0.131 e. The molecule has 1 nitrogen and oxygen atoms in total. The largest absolute Gasteiger partial charge is 0.321 e. The first-order valence-corrected chi connectivity index (χ1v) is 4.18. The summed E-state index contributed by atoms with van der Waals surface area (Å²) in [5.74, 6) is -0.127. The molecular formula is C10H12FN. The summed E-state index contributed by atoms with van der Waals surface area (Å²) in [4.78, 5) is 0. The van der Waals surface area contributed by atoms with Crippen molar-refractivity contribution in [2.24, 2.45) is 5.73 Å². The molecule has 12 heavy (non-hydrogen) atoms. The number of benzene rings is 1. The van der Waals surface area contributed by atoms with Crippen LogP contribution in [0.2, 0.25) is 0 Å². The SMILES string of the molecule is Cc1cccc(C2(N)CC2)c1F. The van der Waals surface area contributed by atoms with Gasteiger partial charge in [-0.15, -0.1) is 0 Å². The van der Waals surface area contributed by atoms with Crippen molar-refractivity contribution >= 4 is 0 Å². The maximum Gasteiger partial charge on any atom is 0.131 e. The highest BCUT2D eigenvalue weighted by Gasteiger charge is 2.42. The third kappa shape index (κ3) is 1.03. The van der Waals surface area contributed by atoms with Crippen LogP contribution in [0.5, 0.6) is 0 Å². The molecule has 1 saturated carbocycles. The third-order valence-electron chi connectivity index (χ3n) is 2.52. The molecule has 0 bridgehead atoms. The van der Waals surface area contributed by atoms with Gasteiger partial charge in [-0.3, -0.25) is 0 Å².